The van der Waals surface area contributed by atoms with Gasteiger partial charge in [0.2, 0.25) is 5.91 Å². The van der Waals surface area contributed by atoms with Crippen LogP contribution in [0.15, 0.2) is 28.7 Å². The largest absolute Gasteiger partial charge is 0.327 e. The molecule has 0 aliphatic carbocycles. The maximum absolute atomic E-state index is 11.8. The van der Waals surface area contributed by atoms with E-state index in [0.29, 0.717) is 9.68 Å². The second-order valence-electron chi connectivity index (χ2n) is 4.14. The van der Waals surface area contributed by atoms with Crippen LogP contribution in [-0.4, -0.2) is 16.3 Å². The molecule has 0 aliphatic heterocycles. The zero-order chi connectivity index (χ0) is 13.8. The Labute approximate surface area is 119 Å². The number of thiazole rings is 1. The number of hydrogen-bond donors (Lipinski definition) is 0. The topological polar surface area (TPSA) is 51.4 Å². The molecular formula is C13H14N2O2S2. The van der Waals surface area contributed by atoms with Crippen molar-refractivity contribution in [2.75, 3.05) is 0 Å². The molecule has 0 radical (unpaired) electrons. The number of Topliss-reactive ketones (excluding diaryl/α,β-unsaturated/α-hetero) is 1. The molecule has 100 valence electrons. The van der Waals surface area contributed by atoms with Gasteiger partial charge in [-0.25, -0.2) is 0 Å². The van der Waals surface area contributed by atoms with Crippen molar-refractivity contribution >= 4 is 34.4 Å². The van der Waals surface area contributed by atoms with E-state index in [9.17, 15) is 9.59 Å². The van der Waals surface area contributed by atoms with E-state index >= 15 is 0 Å². The molecule has 0 aliphatic rings. The molecule has 0 fully saturated rings. The molecular weight excluding hydrogens is 280 g/mol. The van der Waals surface area contributed by atoms with Gasteiger partial charge >= 0.3 is 0 Å². The fourth-order valence-electron chi connectivity index (χ4n) is 1.53. The fourth-order valence-corrected chi connectivity index (χ4v) is 3.11. The van der Waals surface area contributed by atoms with Crippen LogP contribution in [0.3, 0.4) is 0 Å². The van der Waals surface area contributed by atoms with Crippen molar-refractivity contribution in [1.82, 2.24) is 4.57 Å². The standard InChI is InChI=1S/C13H14N2O2S2/c1-9-3-5-11(19-9)10(16)4-6-12(17)14-13-15(2)7-8-18-13/h3,5,7-8H,4,6H2,1-2H3. The molecule has 2 aromatic rings. The molecule has 0 aromatic carbocycles. The van der Waals surface area contributed by atoms with Crippen molar-refractivity contribution in [2.24, 2.45) is 12.0 Å². The number of carbonyl (C=O) groups excluding carboxylic acids is 2. The van der Waals surface area contributed by atoms with Gasteiger partial charge in [0.1, 0.15) is 0 Å². The van der Waals surface area contributed by atoms with Crippen LogP contribution in [0.5, 0.6) is 0 Å². The molecule has 0 saturated heterocycles. The smallest absolute Gasteiger partial charge is 0.248 e. The molecule has 2 aromatic heterocycles. The minimum atomic E-state index is -0.250. The number of thiophene rings is 1. The molecule has 0 N–H and O–H groups in total. The number of rotatable bonds is 4. The lowest BCUT2D eigenvalue weighted by Gasteiger charge is -1.95. The number of amides is 1. The van der Waals surface area contributed by atoms with Gasteiger partial charge in [-0.3, -0.25) is 9.59 Å². The molecule has 2 heterocycles. The molecule has 6 heteroatoms. The molecule has 4 nitrogen and oxygen atoms in total. The molecule has 0 unspecified atom stereocenters. The first-order chi connectivity index (χ1) is 9.06. The van der Waals surface area contributed by atoms with Crippen LogP contribution in [0.1, 0.15) is 27.4 Å². The number of aryl methyl sites for hydroxylation is 2. The highest BCUT2D eigenvalue weighted by atomic mass is 32.1. The molecule has 19 heavy (non-hydrogen) atoms. The van der Waals surface area contributed by atoms with Gasteiger partial charge in [0.25, 0.3) is 0 Å². The summed E-state index contributed by atoms with van der Waals surface area (Å²) in [6.07, 6.45) is 2.22. The van der Waals surface area contributed by atoms with Crippen LogP contribution in [0.4, 0.5) is 0 Å². The van der Waals surface area contributed by atoms with E-state index in [1.54, 1.807) is 4.57 Å². The van der Waals surface area contributed by atoms with Crippen molar-refractivity contribution in [3.8, 4) is 0 Å². The molecule has 0 saturated carbocycles. The van der Waals surface area contributed by atoms with Crippen LogP contribution < -0.4 is 4.80 Å². The Kier molecular flexibility index (Phi) is 4.44. The van der Waals surface area contributed by atoms with Crippen LogP contribution in [0.2, 0.25) is 0 Å². The minimum Gasteiger partial charge on any atom is -0.327 e. The highest BCUT2D eigenvalue weighted by molar-refractivity contribution is 7.14. The summed E-state index contributed by atoms with van der Waals surface area (Å²) in [6.45, 7) is 1.96. The Morgan fingerprint density at radius 2 is 2.11 bits per heavy atom. The Bertz CT molecular complexity index is 664. The number of hydrogen-bond acceptors (Lipinski definition) is 4. The van der Waals surface area contributed by atoms with E-state index < -0.39 is 0 Å². The summed E-state index contributed by atoms with van der Waals surface area (Å²) in [4.78, 5) is 30.0. The summed E-state index contributed by atoms with van der Waals surface area (Å²) in [6, 6.07) is 3.72. The van der Waals surface area contributed by atoms with Crippen molar-refractivity contribution in [3.05, 3.63) is 38.3 Å². The van der Waals surface area contributed by atoms with Crippen LogP contribution >= 0.6 is 22.7 Å². The number of carbonyl (C=O) groups is 2. The molecule has 0 spiro atoms. The summed E-state index contributed by atoms with van der Waals surface area (Å²) in [5, 5.41) is 1.87. The lowest BCUT2D eigenvalue weighted by molar-refractivity contribution is -0.118. The van der Waals surface area contributed by atoms with Gasteiger partial charge in [-0.1, -0.05) is 0 Å². The van der Waals surface area contributed by atoms with E-state index in [1.807, 2.05) is 37.7 Å². The van der Waals surface area contributed by atoms with Gasteiger partial charge < -0.3 is 4.57 Å². The summed E-state index contributed by atoms with van der Waals surface area (Å²) in [7, 11) is 1.84. The molecule has 1 amide bonds. The first-order valence-electron chi connectivity index (χ1n) is 5.83. The second-order valence-corrected chi connectivity index (χ2v) is 6.30. The van der Waals surface area contributed by atoms with Crippen molar-refractivity contribution in [3.63, 3.8) is 0 Å². The van der Waals surface area contributed by atoms with E-state index in [-0.39, 0.29) is 24.5 Å². The van der Waals surface area contributed by atoms with Crippen LogP contribution in [0.25, 0.3) is 0 Å². The summed E-state index contributed by atoms with van der Waals surface area (Å²) in [5.41, 5.74) is 0. The third-order valence-electron chi connectivity index (χ3n) is 2.56. The zero-order valence-electron chi connectivity index (χ0n) is 10.8. The van der Waals surface area contributed by atoms with E-state index in [1.165, 1.54) is 22.7 Å². The van der Waals surface area contributed by atoms with E-state index in [0.717, 1.165) is 4.88 Å². The maximum Gasteiger partial charge on any atom is 0.248 e. The first-order valence-corrected chi connectivity index (χ1v) is 7.53. The van der Waals surface area contributed by atoms with E-state index in [4.69, 9.17) is 0 Å². The number of aromatic nitrogens is 1. The fraction of sp³-hybridized carbons (Fsp3) is 0.308. The van der Waals surface area contributed by atoms with Gasteiger partial charge in [0, 0.05) is 36.3 Å². The Morgan fingerprint density at radius 3 is 2.68 bits per heavy atom. The third kappa shape index (κ3) is 3.71. The lowest BCUT2D eigenvalue weighted by atomic mass is 10.2. The summed E-state index contributed by atoms with van der Waals surface area (Å²) < 4.78 is 1.78. The number of nitrogens with zero attached hydrogens (tertiary/aromatic N) is 2. The van der Waals surface area contributed by atoms with Crippen molar-refractivity contribution in [2.45, 2.75) is 19.8 Å². The first kappa shape index (κ1) is 13.9. The predicted molar refractivity (Wildman–Crippen MR) is 76.5 cm³/mol. The second kappa shape index (κ2) is 6.08. The SMILES string of the molecule is Cc1ccc(C(=O)CCC(=O)N=c2sccn2C)s1. The number of ketones is 1. The average Bonchev–Trinajstić information content (AvgIpc) is 2.96. The average molecular weight is 294 g/mol. The summed E-state index contributed by atoms with van der Waals surface area (Å²) in [5.74, 6) is -0.239. The normalized spacial score (nSPS) is 11.8. The maximum atomic E-state index is 11.8. The van der Waals surface area contributed by atoms with E-state index in [2.05, 4.69) is 4.99 Å². The van der Waals surface area contributed by atoms with Gasteiger partial charge in [-0.05, 0) is 19.1 Å². The predicted octanol–water partition coefficient (Wildman–Crippen LogP) is 2.55. The van der Waals surface area contributed by atoms with Crippen molar-refractivity contribution < 1.29 is 9.59 Å². The Balaban J connectivity index is 1.95. The van der Waals surface area contributed by atoms with Gasteiger partial charge in [-0.2, -0.15) is 4.99 Å². The summed E-state index contributed by atoms with van der Waals surface area (Å²) >= 11 is 2.87. The Hall–Kier alpha value is -1.53. The lowest BCUT2D eigenvalue weighted by Crippen LogP contribution is -2.13. The quantitative estimate of drug-likeness (QED) is 0.814. The monoisotopic (exact) mass is 294 g/mol. The van der Waals surface area contributed by atoms with Gasteiger partial charge in [-0.15, -0.1) is 22.7 Å². The minimum absolute atomic E-state index is 0.0113. The highest BCUT2D eigenvalue weighted by Gasteiger charge is 2.10. The Morgan fingerprint density at radius 1 is 1.32 bits per heavy atom. The third-order valence-corrected chi connectivity index (χ3v) is 4.45. The zero-order valence-corrected chi connectivity index (χ0v) is 12.4. The molecule has 0 atom stereocenters. The highest BCUT2D eigenvalue weighted by Crippen LogP contribution is 2.17. The van der Waals surface area contributed by atoms with Gasteiger partial charge in [0.05, 0.1) is 4.88 Å². The molecule has 2 rings (SSSR count). The van der Waals surface area contributed by atoms with Gasteiger partial charge in [0.15, 0.2) is 10.6 Å². The molecule has 0 bridgehead atoms. The van der Waals surface area contributed by atoms with Crippen molar-refractivity contribution in [1.29, 1.82) is 0 Å². The van der Waals surface area contributed by atoms with Crippen LogP contribution in [-0.2, 0) is 11.8 Å². The van der Waals surface area contributed by atoms with Crippen LogP contribution in [0, 0.1) is 6.92 Å².